The number of aliphatic hydroxyl groups excluding tert-OH is 4. The molecular formula is C12H16N4O6. The minimum atomic E-state index is -1.60. The van der Waals surface area contributed by atoms with Crippen LogP contribution in [0.4, 0.5) is 0 Å². The van der Waals surface area contributed by atoms with E-state index >= 15 is 0 Å². The first-order valence-electron chi connectivity index (χ1n) is 6.46. The molecule has 0 aromatic rings. The number of aliphatic hydroxyl groups is 4. The summed E-state index contributed by atoms with van der Waals surface area (Å²) in [5, 5.41) is 37.7. The zero-order valence-corrected chi connectivity index (χ0v) is 11.7. The number of hydrogen-bond acceptors (Lipinski definition) is 8. The van der Waals surface area contributed by atoms with Crippen molar-refractivity contribution in [3.05, 3.63) is 32.7 Å². The van der Waals surface area contributed by atoms with Crippen LogP contribution in [0, 0.1) is 6.92 Å². The quantitative estimate of drug-likeness (QED) is 0.386. The predicted octanol–water partition coefficient (Wildman–Crippen LogP) is -3.19. The molecule has 0 saturated carbocycles. The van der Waals surface area contributed by atoms with Crippen molar-refractivity contribution in [2.45, 2.75) is 31.8 Å². The zero-order chi connectivity index (χ0) is 16.4. The number of aromatic amines is 1. The van der Waals surface area contributed by atoms with Crippen LogP contribution >= 0.6 is 0 Å². The molecular weight excluding hydrogens is 296 g/mol. The Morgan fingerprint density at radius 1 is 1.23 bits per heavy atom. The van der Waals surface area contributed by atoms with Crippen molar-refractivity contribution < 1.29 is 20.4 Å². The lowest BCUT2D eigenvalue weighted by Gasteiger charge is -2.23. The number of nitrogens with one attached hydrogen (secondary N) is 1. The van der Waals surface area contributed by atoms with Crippen LogP contribution in [-0.4, -0.2) is 64.9 Å². The first-order valence-corrected chi connectivity index (χ1v) is 6.46. The van der Waals surface area contributed by atoms with Gasteiger partial charge in [0.1, 0.15) is 18.3 Å². The molecule has 2 aliphatic heterocycles. The molecule has 0 radical (unpaired) electrons. The molecule has 0 saturated heterocycles. The number of rotatable bonds is 5. The molecule has 0 bridgehead atoms. The first-order chi connectivity index (χ1) is 10.3. The summed E-state index contributed by atoms with van der Waals surface area (Å²) in [6.45, 7) is 0.626. The zero-order valence-electron chi connectivity index (χ0n) is 11.7. The Labute approximate surface area is 123 Å². The molecule has 0 aromatic heterocycles. The summed E-state index contributed by atoms with van der Waals surface area (Å²) in [7, 11) is 0. The van der Waals surface area contributed by atoms with Gasteiger partial charge < -0.3 is 25.0 Å². The third-order valence-corrected chi connectivity index (χ3v) is 3.12. The van der Waals surface area contributed by atoms with Crippen molar-refractivity contribution in [3.63, 3.8) is 0 Å². The van der Waals surface area contributed by atoms with Crippen LogP contribution in [-0.2, 0) is 6.54 Å². The Hall–Kier alpha value is -2.14. The lowest BCUT2D eigenvalue weighted by Crippen LogP contribution is -2.42. The van der Waals surface area contributed by atoms with Gasteiger partial charge in [0.05, 0.1) is 18.8 Å². The molecule has 2 heterocycles. The highest BCUT2D eigenvalue weighted by Gasteiger charge is 2.26. The lowest BCUT2D eigenvalue weighted by molar-refractivity contribution is -0.0806. The van der Waals surface area contributed by atoms with E-state index in [-0.39, 0.29) is 18.1 Å². The fourth-order valence-corrected chi connectivity index (χ4v) is 2.04. The lowest BCUT2D eigenvalue weighted by atomic mass is 10.1. The van der Waals surface area contributed by atoms with Gasteiger partial charge in [-0.25, -0.2) is 9.78 Å². The second kappa shape index (κ2) is 6.32. The van der Waals surface area contributed by atoms with E-state index in [2.05, 4.69) is 9.97 Å². The van der Waals surface area contributed by atoms with E-state index in [0.717, 1.165) is 0 Å². The van der Waals surface area contributed by atoms with E-state index in [1.54, 1.807) is 6.92 Å². The van der Waals surface area contributed by atoms with Gasteiger partial charge in [-0.15, -0.1) is 0 Å². The van der Waals surface area contributed by atoms with Gasteiger partial charge in [0.2, 0.25) is 0 Å². The van der Waals surface area contributed by atoms with Crippen LogP contribution in [0.1, 0.15) is 5.69 Å². The maximum absolute atomic E-state index is 11.7. The molecule has 10 nitrogen and oxygen atoms in total. The van der Waals surface area contributed by atoms with Gasteiger partial charge in [0.15, 0.2) is 11.5 Å². The molecule has 3 atom stereocenters. The third kappa shape index (κ3) is 3.20. The Balaban J connectivity index is 2.43. The van der Waals surface area contributed by atoms with Crippen molar-refractivity contribution in [1.82, 2.24) is 19.5 Å². The minimum absolute atomic E-state index is 0.0518. The number of aryl methyl sites for hydroxylation is 1. The number of nitrogens with zero attached hydrogens (tertiary/aromatic N) is 3. The molecule has 0 spiro atoms. The van der Waals surface area contributed by atoms with E-state index in [1.165, 1.54) is 10.8 Å². The van der Waals surface area contributed by atoms with E-state index < -0.39 is 36.2 Å². The summed E-state index contributed by atoms with van der Waals surface area (Å²) in [5.41, 5.74) is -1.22. The fraction of sp³-hybridized carbons (Fsp3) is 0.500. The van der Waals surface area contributed by atoms with Gasteiger partial charge >= 0.3 is 5.69 Å². The fourth-order valence-electron chi connectivity index (χ4n) is 2.04. The molecule has 22 heavy (non-hydrogen) atoms. The van der Waals surface area contributed by atoms with Crippen LogP contribution < -0.4 is 11.2 Å². The van der Waals surface area contributed by atoms with Gasteiger partial charge in [-0.2, -0.15) is 4.98 Å². The van der Waals surface area contributed by atoms with E-state index in [9.17, 15) is 24.9 Å². The summed E-state index contributed by atoms with van der Waals surface area (Å²) in [6, 6.07) is 0. The summed E-state index contributed by atoms with van der Waals surface area (Å²) in [6.07, 6.45) is -3.13. The third-order valence-electron chi connectivity index (χ3n) is 3.12. The topological polar surface area (TPSA) is 162 Å². The highest BCUT2D eigenvalue weighted by atomic mass is 16.4. The first kappa shape index (κ1) is 16.2. The highest BCUT2D eigenvalue weighted by Crippen LogP contribution is 2.13. The normalized spacial score (nSPS) is 15.7. The van der Waals surface area contributed by atoms with Crippen LogP contribution in [0.3, 0.4) is 0 Å². The Kier molecular flexibility index (Phi) is 4.66. The van der Waals surface area contributed by atoms with Crippen molar-refractivity contribution in [3.8, 4) is 11.5 Å². The van der Waals surface area contributed by atoms with Gasteiger partial charge in [0.25, 0.3) is 5.56 Å². The summed E-state index contributed by atoms with van der Waals surface area (Å²) < 4.78 is 1.28. The molecule has 120 valence electrons. The van der Waals surface area contributed by atoms with Crippen LogP contribution in [0.2, 0.25) is 0 Å². The molecule has 0 aliphatic carbocycles. The van der Waals surface area contributed by atoms with E-state index in [1.807, 2.05) is 4.98 Å². The Morgan fingerprint density at radius 3 is 2.55 bits per heavy atom. The van der Waals surface area contributed by atoms with Crippen molar-refractivity contribution in [2.75, 3.05) is 6.61 Å². The minimum Gasteiger partial charge on any atom is -0.394 e. The van der Waals surface area contributed by atoms with Crippen LogP contribution in [0.25, 0.3) is 11.5 Å². The smallest absolute Gasteiger partial charge is 0.349 e. The van der Waals surface area contributed by atoms with Gasteiger partial charge in [-0.3, -0.25) is 9.78 Å². The average Bonchev–Trinajstić information content (AvgIpc) is 2.46. The van der Waals surface area contributed by atoms with Crippen molar-refractivity contribution in [1.29, 1.82) is 0 Å². The predicted molar refractivity (Wildman–Crippen MR) is 73.4 cm³/mol. The van der Waals surface area contributed by atoms with E-state index in [0.29, 0.717) is 5.69 Å². The molecule has 5 N–H and O–H groups in total. The molecule has 2 rings (SSSR count). The molecule has 0 unspecified atom stereocenters. The van der Waals surface area contributed by atoms with Gasteiger partial charge in [-0.05, 0) is 6.92 Å². The second-order valence-corrected chi connectivity index (χ2v) is 4.89. The average molecular weight is 312 g/mol. The largest absolute Gasteiger partial charge is 0.394 e. The number of H-pyrrole nitrogens is 1. The van der Waals surface area contributed by atoms with E-state index in [4.69, 9.17) is 5.11 Å². The summed E-state index contributed by atoms with van der Waals surface area (Å²) in [4.78, 5) is 32.7. The van der Waals surface area contributed by atoms with Crippen molar-refractivity contribution >= 4 is 0 Å². The molecule has 0 aromatic carbocycles. The van der Waals surface area contributed by atoms with Crippen molar-refractivity contribution in [2.24, 2.45) is 0 Å². The molecule has 10 heteroatoms. The molecule has 0 amide bonds. The Bertz CT molecular complexity index is 741. The standard InChI is InChI=1S/C12H16N4O6/c1-5-2-16(3-6(18)9(20)7(19)4-17)10-8(13-5)11(21)15-12(22)14-10/h2,6-7,9,17-20H,3-4H2,1H3,(H,15,21,22)/t6-,7+,9-/m0/s1. The van der Waals surface area contributed by atoms with Gasteiger partial charge in [-0.1, -0.05) is 0 Å². The summed E-state index contributed by atoms with van der Waals surface area (Å²) in [5.74, 6) is -0.0518. The maximum atomic E-state index is 11.7. The highest BCUT2D eigenvalue weighted by molar-refractivity contribution is 5.48. The second-order valence-electron chi connectivity index (χ2n) is 4.89. The number of hydrogen-bond donors (Lipinski definition) is 5. The van der Waals surface area contributed by atoms with Crippen LogP contribution in [0.15, 0.2) is 15.8 Å². The Morgan fingerprint density at radius 2 is 1.91 bits per heavy atom. The molecule has 0 fully saturated rings. The van der Waals surface area contributed by atoms with Gasteiger partial charge in [0, 0.05) is 6.20 Å². The SMILES string of the molecule is Cc1cn(C[C@H](O)[C@H](O)[C@H](O)CO)c2nc(=O)[nH]c(=O)c-2n1. The monoisotopic (exact) mass is 312 g/mol. The number of fused-ring (bicyclic) bond motifs is 1. The molecule has 2 aliphatic rings. The number of aromatic nitrogens is 4. The summed E-state index contributed by atoms with van der Waals surface area (Å²) >= 11 is 0. The maximum Gasteiger partial charge on any atom is 0.349 e. The van der Waals surface area contributed by atoms with Crippen LogP contribution in [0.5, 0.6) is 0 Å².